The van der Waals surface area contributed by atoms with E-state index in [-0.39, 0.29) is 0 Å². The molecule has 0 bridgehead atoms. The van der Waals surface area contributed by atoms with Crippen molar-refractivity contribution in [2.45, 2.75) is 6.92 Å². The van der Waals surface area contributed by atoms with Crippen LogP contribution in [-0.2, 0) is 7.05 Å². The van der Waals surface area contributed by atoms with Crippen LogP contribution in [0.3, 0.4) is 0 Å². The molecular formula is C12H11BrN4. The summed E-state index contributed by atoms with van der Waals surface area (Å²) in [5.41, 5.74) is 4.22. The monoisotopic (exact) mass is 290 g/mol. The summed E-state index contributed by atoms with van der Waals surface area (Å²) in [7, 11) is 2.01. The predicted molar refractivity (Wildman–Crippen MR) is 70.7 cm³/mol. The molecule has 0 saturated carbocycles. The van der Waals surface area contributed by atoms with Crippen molar-refractivity contribution in [1.29, 1.82) is 0 Å². The van der Waals surface area contributed by atoms with E-state index in [1.807, 2.05) is 20.0 Å². The first-order chi connectivity index (χ1) is 8.16. The van der Waals surface area contributed by atoms with Gasteiger partial charge in [0.25, 0.3) is 0 Å². The van der Waals surface area contributed by atoms with Crippen LogP contribution in [0.5, 0.6) is 0 Å². The van der Waals surface area contributed by atoms with Crippen molar-refractivity contribution < 1.29 is 0 Å². The second-order valence-corrected chi connectivity index (χ2v) is 4.74. The highest BCUT2D eigenvalue weighted by molar-refractivity contribution is 9.10. The standard InChI is InChI=1S/C12H11BrN4/c1-7-16-12(13)11(17(7)2)8-3-4-9-10(5-8)15-6-14-9/h3-6H,1-2H3,(H,14,15). The number of halogens is 1. The van der Waals surface area contributed by atoms with Gasteiger partial charge >= 0.3 is 0 Å². The average molecular weight is 291 g/mol. The molecular weight excluding hydrogens is 280 g/mol. The molecule has 0 fully saturated rings. The van der Waals surface area contributed by atoms with Crippen molar-refractivity contribution in [2.75, 3.05) is 0 Å². The number of aryl methyl sites for hydroxylation is 1. The maximum atomic E-state index is 4.41. The number of H-pyrrole nitrogens is 1. The highest BCUT2D eigenvalue weighted by atomic mass is 79.9. The van der Waals surface area contributed by atoms with Crippen molar-refractivity contribution in [2.24, 2.45) is 7.05 Å². The lowest BCUT2D eigenvalue weighted by molar-refractivity contribution is 0.865. The van der Waals surface area contributed by atoms with Crippen molar-refractivity contribution in [3.8, 4) is 11.3 Å². The van der Waals surface area contributed by atoms with Crippen LogP contribution in [0, 0.1) is 6.92 Å². The van der Waals surface area contributed by atoms with Crippen LogP contribution >= 0.6 is 15.9 Å². The fourth-order valence-electron chi connectivity index (χ4n) is 1.97. The summed E-state index contributed by atoms with van der Waals surface area (Å²) in [6, 6.07) is 6.16. The van der Waals surface area contributed by atoms with Gasteiger partial charge in [0.1, 0.15) is 10.4 Å². The zero-order chi connectivity index (χ0) is 12.0. The molecule has 86 valence electrons. The Bertz CT molecular complexity index is 696. The van der Waals surface area contributed by atoms with Crippen LogP contribution in [0.2, 0.25) is 0 Å². The fourth-order valence-corrected chi connectivity index (χ4v) is 2.72. The van der Waals surface area contributed by atoms with Crippen LogP contribution in [0.1, 0.15) is 5.82 Å². The number of aromatic nitrogens is 4. The Hall–Kier alpha value is -1.62. The van der Waals surface area contributed by atoms with Gasteiger partial charge in [0.2, 0.25) is 0 Å². The molecule has 2 heterocycles. The molecule has 0 saturated heterocycles. The zero-order valence-corrected chi connectivity index (χ0v) is 11.1. The SMILES string of the molecule is Cc1nc(Br)c(-c2ccc3nc[nH]c3c2)n1C. The van der Waals surface area contributed by atoms with Crippen LogP contribution in [0.25, 0.3) is 22.3 Å². The Morgan fingerprint density at radius 2 is 2.18 bits per heavy atom. The lowest BCUT2D eigenvalue weighted by Gasteiger charge is -2.04. The van der Waals surface area contributed by atoms with Crippen molar-refractivity contribution >= 4 is 27.0 Å². The van der Waals surface area contributed by atoms with Gasteiger partial charge in [-0.2, -0.15) is 0 Å². The van der Waals surface area contributed by atoms with Crippen LogP contribution in [0.15, 0.2) is 29.1 Å². The summed E-state index contributed by atoms with van der Waals surface area (Å²) < 4.78 is 2.94. The van der Waals surface area contributed by atoms with Crippen LogP contribution in [-0.4, -0.2) is 19.5 Å². The van der Waals surface area contributed by atoms with Gasteiger partial charge in [0.05, 0.1) is 23.1 Å². The summed E-state index contributed by atoms with van der Waals surface area (Å²) in [5, 5.41) is 0. The minimum Gasteiger partial charge on any atom is -0.345 e. The van der Waals surface area contributed by atoms with Gasteiger partial charge in [-0.3, -0.25) is 0 Å². The number of hydrogen-bond acceptors (Lipinski definition) is 2. The number of aromatic amines is 1. The van der Waals surface area contributed by atoms with Gasteiger partial charge in [-0.25, -0.2) is 9.97 Å². The first-order valence-electron chi connectivity index (χ1n) is 5.29. The van der Waals surface area contributed by atoms with Gasteiger partial charge in [-0.05, 0) is 35.0 Å². The molecule has 0 atom stereocenters. The molecule has 0 radical (unpaired) electrons. The second-order valence-electron chi connectivity index (χ2n) is 3.99. The maximum Gasteiger partial charge on any atom is 0.132 e. The molecule has 1 N–H and O–H groups in total. The van der Waals surface area contributed by atoms with Crippen LogP contribution < -0.4 is 0 Å². The fraction of sp³-hybridized carbons (Fsp3) is 0.167. The van der Waals surface area contributed by atoms with Crippen molar-refractivity contribution in [1.82, 2.24) is 19.5 Å². The molecule has 5 heteroatoms. The summed E-state index contributed by atoms with van der Waals surface area (Å²) >= 11 is 3.50. The Morgan fingerprint density at radius 1 is 1.35 bits per heavy atom. The Labute approximate surface area is 107 Å². The third-order valence-electron chi connectivity index (χ3n) is 2.97. The van der Waals surface area contributed by atoms with E-state index in [4.69, 9.17) is 0 Å². The first-order valence-corrected chi connectivity index (χ1v) is 6.08. The normalized spacial score (nSPS) is 11.2. The third-order valence-corrected chi connectivity index (χ3v) is 3.52. The Morgan fingerprint density at radius 3 is 2.88 bits per heavy atom. The minimum absolute atomic E-state index is 0.872. The zero-order valence-electron chi connectivity index (χ0n) is 9.53. The van der Waals surface area contributed by atoms with Gasteiger partial charge < -0.3 is 9.55 Å². The van der Waals surface area contributed by atoms with Crippen LogP contribution in [0.4, 0.5) is 0 Å². The lowest BCUT2D eigenvalue weighted by atomic mass is 10.1. The molecule has 2 aromatic heterocycles. The molecule has 3 aromatic rings. The third kappa shape index (κ3) is 1.58. The number of rotatable bonds is 1. The molecule has 3 rings (SSSR count). The number of imidazole rings is 2. The number of fused-ring (bicyclic) bond motifs is 1. The van der Waals surface area contributed by atoms with E-state index in [2.05, 4.69) is 47.6 Å². The highest BCUT2D eigenvalue weighted by Crippen LogP contribution is 2.29. The summed E-state index contributed by atoms with van der Waals surface area (Å²) in [6.07, 6.45) is 1.71. The molecule has 0 aliphatic rings. The molecule has 17 heavy (non-hydrogen) atoms. The smallest absolute Gasteiger partial charge is 0.132 e. The number of nitrogens with one attached hydrogen (secondary N) is 1. The molecule has 0 amide bonds. The summed E-state index contributed by atoms with van der Waals surface area (Å²) in [5.74, 6) is 0.983. The quantitative estimate of drug-likeness (QED) is 0.749. The topological polar surface area (TPSA) is 46.5 Å². The average Bonchev–Trinajstić information content (AvgIpc) is 2.84. The van der Waals surface area contributed by atoms with Crippen molar-refractivity contribution in [3.05, 3.63) is 35.0 Å². The molecule has 0 unspecified atom stereocenters. The van der Waals surface area contributed by atoms with Gasteiger partial charge in [0.15, 0.2) is 0 Å². The maximum absolute atomic E-state index is 4.41. The second kappa shape index (κ2) is 3.70. The van der Waals surface area contributed by atoms with Gasteiger partial charge in [-0.15, -0.1) is 0 Å². The number of benzene rings is 1. The van der Waals surface area contributed by atoms with Crippen molar-refractivity contribution in [3.63, 3.8) is 0 Å². The molecule has 0 aliphatic carbocycles. The van der Waals surface area contributed by atoms with E-state index >= 15 is 0 Å². The lowest BCUT2D eigenvalue weighted by Crippen LogP contribution is -1.94. The molecule has 0 spiro atoms. The Kier molecular flexibility index (Phi) is 2.29. The molecule has 1 aromatic carbocycles. The summed E-state index contributed by atoms with van der Waals surface area (Å²) in [6.45, 7) is 1.99. The Balaban J connectivity index is 2.26. The molecule has 0 aliphatic heterocycles. The highest BCUT2D eigenvalue weighted by Gasteiger charge is 2.12. The molecule has 4 nitrogen and oxygen atoms in total. The minimum atomic E-state index is 0.872. The summed E-state index contributed by atoms with van der Waals surface area (Å²) in [4.78, 5) is 11.7. The van der Waals surface area contributed by atoms with Gasteiger partial charge in [0, 0.05) is 12.6 Å². The number of hydrogen-bond donors (Lipinski definition) is 1. The van der Waals surface area contributed by atoms with E-state index in [0.29, 0.717) is 0 Å². The van der Waals surface area contributed by atoms with E-state index < -0.39 is 0 Å². The number of nitrogens with zero attached hydrogens (tertiary/aromatic N) is 3. The van der Waals surface area contributed by atoms with E-state index in [1.165, 1.54) is 0 Å². The van der Waals surface area contributed by atoms with E-state index in [9.17, 15) is 0 Å². The van der Waals surface area contributed by atoms with E-state index in [0.717, 1.165) is 32.7 Å². The van der Waals surface area contributed by atoms with Gasteiger partial charge in [-0.1, -0.05) is 6.07 Å². The predicted octanol–water partition coefficient (Wildman–Crippen LogP) is 3.03. The van der Waals surface area contributed by atoms with E-state index in [1.54, 1.807) is 6.33 Å². The first kappa shape index (κ1) is 10.5. The largest absolute Gasteiger partial charge is 0.345 e.